The van der Waals surface area contributed by atoms with E-state index in [0.29, 0.717) is 28.4 Å². The summed E-state index contributed by atoms with van der Waals surface area (Å²) in [5.74, 6) is 8.30. The number of nitrogens with two attached hydrogens (primary N) is 1. The smallest absolute Gasteiger partial charge is 0.210 e. The number of rotatable bonds is 6. The number of para-hydroxylation sites is 1. The lowest BCUT2D eigenvalue weighted by Gasteiger charge is -2.09. The number of hydrogen-bond donors (Lipinski definition) is 1. The molecule has 124 valence electrons. The van der Waals surface area contributed by atoms with E-state index in [1.165, 1.54) is 16.4 Å². The van der Waals surface area contributed by atoms with E-state index < -0.39 is 0 Å². The van der Waals surface area contributed by atoms with Gasteiger partial charge in [0.05, 0.1) is 6.61 Å². The molecule has 0 saturated carbocycles. The fourth-order valence-corrected chi connectivity index (χ4v) is 3.30. The van der Waals surface area contributed by atoms with Gasteiger partial charge in [-0.3, -0.25) is 0 Å². The van der Waals surface area contributed by atoms with Crippen molar-refractivity contribution in [2.75, 3.05) is 12.4 Å². The van der Waals surface area contributed by atoms with Gasteiger partial charge in [0, 0.05) is 21.9 Å². The number of halogens is 1. The van der Waals surface area contributed by atoms with Crippen LogP contribution < -0.4 is 10.6 Å². The maximum absolute atomic E-state index is 6.14. The van der Waals surface area contributed by atoms with Crippen molar-refractivity contribution in [1.29, 1.82) is 0 Å². The molecule has 2 aromatic carbocycles. The van der Waals surface area contributed by atoms with Gasteiger partial charge in [0.1, 0.15) is 5.75 Å². The molecule has 0 aliphatic carbocycles. The zero-order valence-electron chi connectivity index (χ0n) is 13.1. The highest BCUT2D eigenvalue weighted by Gasteiger charge is 2.13. The molecule has 0 aliphatic rings. The van der Waals surface area contributed by atoms with E-state index >= 15 is 0 Å². The Morgan fingerprint density at radius 3 is 2.79 bits per heavy atom. The van der Waals surface area contributed by atoms with Crippen molar-refractivity contribution in [1.82, 2.24) is 14.9 Å². The molecule has 0 unspecified atom stereocenters. The number of thioether (sulfide) groups is 1. The van der Waals surface area contributed by atoms with Gasteiger partial charge in [-0.2, -0.15) is 0 Å². The Balaban J connectivity index is 1.78. The summed E-state index contributed by atoms with van der Waals surface area (Å²) >= 11 is 7.54. The van der Waals surface area contributed by atoms with E-state index in [1.807, 2.05) is 55.5 Å². The maximum atomic E-state index is 6.14. The quantitative estimate of drug-likeness (QED) is 0.531. The largest absolute Gasteiger partial charge is 0.494 e. The second kappa shape index (κ2) is 7.59. The standard InChI is InChI=1S/C17H17ClN4OS/c1-2-23-15-9-4-3-6-13(15)11-24-17-21-20-16(22(17)19)12-7-5-8-14(18)10-12/h3-10H,2,11,19H2,1H3. The fraction of sp³-hybridized carbons (Fsp3) is 0.176. The molecule has 3 rings (SSSR count). The number of benzene rings is 2. The highest BCUT2D eigenvalue weighted by Crippen LogP contribution is 2.28. The molecule has 3 aromatic rings. The number of aromatic nitrogens is 3. The van der Waals surface area contributed by atoms with E-state index in [9.17, 15) is 0 Å². The van der Waals surface area contributed by atoms with Crippen molar-refractivity contribution in [2.24, 2.45) is 0 Å². The number of hydrogen-bond acceptors (Lipinski definition) is 5. The summed E-state index contributed by atoms with van der Waals surface area (Å²) < 4.78 is 7.13. The number of nitrogen functional groups attached to an aromatic ring is 1. The Bertz CT molecular complexity index is 837. The Hall–Kier alpha value is -2.18. The molecule has 0 radical (unpaired) electrons. The molecule has 0 aliphatic heterocycles. The van der Waals surface area contributed by atoms with Crippen molar-refractivity contribution < 1.29 is 4.74 Å². The van der Waals surface area contributed by atoms with Crippen LogP contribution in [0.4, 0.5) is 0 Å². The first kappa shape index (κ1) is 16.7. The second-order valence-corrected chi connectivity index (χ2v) is 6.39. The molecular formula is C17H17ClN4OS. The number of nitrogens with zero attached hydrogens (tertiary/aromatic N) is 3. The SMILES string of the molecule is CCOc1ccccc1CSc1nnc(-c2cccc(Cl)c2)n1N. The lowest BCUT2D eigenvalue weighted by molar-refractivity contribution is 0.337. The van der Waals surface area contributed by atoms with Crippen LogP contribution in [0.25, 0.3) is 11.4 Å². The van der Waals surface area contributed by atoms with E-state index in [2.05, 4.69) is 10.2 Å². The minimum absolute atomic E-state index is 0.582. The lowest BCUT2D eigenvalue weighted by Crippen LogP contribution is -2.11. The molecule has 0 amide bonds. The Labute approximate surface area is 149 Å². The zero-order valence-corrected chi connectivity index (χ0v) is 14.7. The van der Waals surface area contributed by atoms with E-state index in [-0.39, 0.29) is 0 Å². The molecule has 2 N–H and O–H groups in total. The molecule has 0 fully saturated rings. The minimum Gasteiger partial charge on any atom is -0.494 e. The van der Waals surface area contributed by atoms with Gasteiger partial charge in [-0.1, -0.05) is 53.7 Å². The summed E-state index contributed by atoms with van der Waals surface area (Å²) in [5.41, 5.74) is 1.93. The second-order valence-electron chi connectivity index (χ2n) is 5.02. The van der Waals surface area contributed by atoms with Gasteiger partial charge in [0.15, 0.2) is 5.82 Å². The Morgan fingerprint density at radius 2 is 2.00 bits per heavy atom. The third-order valence-electron chi connectivity index (χ3n) is 3.38. The molecular weight excluding hydrogens is 344 g/mol. The first-order valence-electron chi connectivity index (χ1n) is 7.49. The van der Waals surface area contributed by atoms with Crippen molar-refractivity contribution in [3.05, 3.63) is 59.1 Å². The van der Waals surface area contributed by atoms with Crippen LogP contribution in [0, 0.1) is 0 Å². The van der Waals surface area contributed by atoms with Crippen LogP contribution in [0.2, 0.25) is 5.02 Å². The van der Waals surface area contributed by atoms with Crippen molar-refractivity contribution in [2.45, 2.75) is 17.8 Å². The third kappa shape index (κ3) is 3.66. The summed E-state index contributed by atoms with van der Waals surface area (Å²) in [7, 11) is 0. The maximum Gasteiger partial charge on any atom is 0.210 e. The van der Waals surface area contributed by atoms with E-state index in [4.69, 9.17) is 22.2 Å². The molecule has 0 spiro atoms. The third-order valence-corrected chi connectivity index (χ3v) is 4.60. The van der Waals surface area contributed by atoms with Crippen LogP contribution in [0.15, 0.2) is 53.7 Å². The van der Waals surface area contributed by atoms with E-state index in [0.717, 1.165) is 16.9 Å². The van der Waals surface area contributed by atoms with Crippen LogP contribution >= 0.6 is 23.4 Å². The average molecular weight is 361 g/mol. The lowest BCUT2D eigenvalue weighted by atomic mass is 10.2. The molecule has 7 heteroatoms. The van der Waals surface area contributed by atoms with Crippen LogP contribution in [-0.2, 0) is 5.75 Å². The predicted molar refractivity (Wildman–Crippen MR) is 97.8 cm³/mol. The average Bonchev–Trinajstić information content (AvgIpc) is 2.95. The van der Waals surface area contributed by atoms with Crippen LogP contribution in [0.5, 0.6) is 5.75 Å². The normalized spacial score (nSPS) is 10.8. The van der Waals surface area contributed by atoms with Crippen LogP contribution in [-0.4, -0.2) is 21.5 Å². The van der Waals surface area contributed by atoms with Gasteiger partial charge in [-0.25, -0.2) is 4.68 Å². The topological polar surface area (TPSA) is 66.0 Å². The summed E-state index contributed by atoms with van der Waals surface area (Å²) in [5, 5.41) is 9.62. The molecule has 0 atom stereocenters. The van der Waals surface area contributed by atoms with Gasteiger partial charge in [0.2, 0.25) is 5.16 Å². The molecule has 1 heterocycles. The fourth-order valence-electron chi connectivity index (χ4n) is 2.26. The van der Waals surface area contributed by atoms with Gasteiger partial charge in [0.25, 0.3) is 0 Å². The van der Waals surface area contributed by atoms with Crippen molar-refractivity contribution >= 4 is 23.4 Å². The highest BCUT2D eigenvalue weighted by atomic mass is 35.5. The van der Waals surface area contributed by atoms with Crippen LogP contribution in [0.1, 0.15) is 12.5 Å². The number of ether oxygens (including phenoxy) is 1. The van der Waals surface area contributed by atoms with Gasteiger partial charge in [-0.15, -0.1) is 10.2 Å². The molecule has 24 heavy (non-hydrogen) atoms. The Kier molecular flexibility index (Phi) is 5.27. The van der Waals surface area contributed by atoms with E-state index in [1.54, 1.807) is 0 Å². The first-order valence-corrected chi connectivity index (χ1v) is 8.85. The summed E-state index contributed by atoms with van der Waals surface area (Å²) in [6.07, 6.45) is 0. The molecule has 5 nitrogen and oxygen atoms in total. The van der Waals surface area contributed by atoms with Crippen molar-refractivity contribution in [3.8, 4) is 17.1 Å². The van der Waals surface area contributed by atoms with Gasteiger partial charge in [-0.05, 0) is 25.1 Å². The molecule has 0 saturated heterocycles. The monoisotopic (exact) mass is 360 g/mol. The zero-order chi connectivity index (χ0) is 16.9. The highest BCUT2D eigenvalue weighted by molar-refractivity contribution is 7.98. The Morgan fingerprint density at radius 1 is 1.17 bits per heavy atom. The predicted octanol–water partition coefficient (Wildman–Crippen LogP) is 4.00. The first-order chi connectivity index (χ1) is 11.7. The summed E-state index contributed by atoms with van der Waals surface area (Å²) in [4.78, 5) is 0. The molecule has 0 bridgehead atoms. The van der Waals surface area contributed by atoms with Gasteiger partial charge >= 0.3 is 0 Å². The minimum atomic E-state index is 0.582. The van der Waals surface area contributed by atoms with Crippen molar-refractivity contribution in [3.63, 3.8) is 0 Å². The summed E-state index contributed by atoms with van der Waals surface area (Å²) in [6, 6.07) is 15.3. The van der Waals surface area contributed by atoms with Crippen LogP contribution in [0.3, 0.4) is 0 Å². The molecule has 1 aromatic heterocycles. The summed E-state index contributed by atoms with van der Waals surface area (Å²) in [6.45, 7) is 2.60. The van der Waals surface area contributed by atoms with Gasteiger partial charge < -0.3 is 10.6 Å².